The number of amides is 2. The largest absolute Gasteiger partial charge is 0.477 e. The van der Waals surface area contributed by atoms with Gasteiger partial charge in [0, 0.05) is 11.4 Å². The van der Waals surface area contributed by atoms with E-state index in [2.05, 4.69) is 10.6 Å². The fourth-order valence-corrected chi connectivity index (χ4v) is 4.77. The normalized spacial score (nSPS) is 18.5. The Labute approximate surface area is 187 Å². The molecule has 1 unspecified atom stereocenters. The van der Waals surface area contributed by atoms with Crippen molar-refractivity contribution in [1.29, 1.82) is 0 Å². The lowest BCUT2D eigenvalue weighted by Crippen LogP contribution is -2.70. The van der Waals surface area contributed by atoms with E-state index in [4.69, 9.17) is 0 Å². The molecule has 0 saturated carbocycles. The van der Waals surface area contributed by atoms with E-state index in [-0.39, 0.29) is 51.3 Å². The summed E-state index contributed by atoms with van der Waals surface area (Å²) in [5, 5.41) is 16.9. The van der Waals surface area contributed by atoms with Gasteiger partial charge in [-0.2, -0.15) is 0 Å². The fraction of sp³-hybridized carbons (Fsp3) is 0.250. The summed E-state index contributed by atoms with van der Waals surface area (Å²) in [5.74, 6) is -1.28. The smallest absolute Gasteiger partial charge is 0.352 e. The summed E-state index contributed by atoms with van der Waals surface area (Å²) in [6.07, 6.45) is 0. The second kappa shape index (κ2) is 11.5. The predicted molar refractivity (Wildman–Crippen MR) is 122 cm³/mol. The topological polar surface area (TPSA) is 225 Å². The zero-order chi connectivity index (χ0) is 19.8. The van der Waals surface area contributed by atoms with Gasteiger partial charge in [0.2, 0.25) is 5.91 Å². The number of nitrogens with one attached hydrogen (secondary N) is 2. The average Bonchev–Trinajstić information content (AvgIpc) is 2.69. The Morgan fingerprint density at radius 2 is 1.75 bits per heavy atom. The Morgan fingerprint density at radius 3 is 2.41 bits per heavy atom. The van der Waals surface area contributed by atoms with Crippen LogP contribution in [0.4, 0.5) is 5.69 Å². The first-order chi connectivity index (χ1) is 13.5. The SMILES string of the molecule is CC1=C(C(=O)O)N2C(=O)C(NC(=O)CNc3ccc4ccccc4c3)[C@@H]2SC1.O.O.O.O. The molecule has 4 rings (SSSR count). The number of carbonyl (C=O) groups excluding carboxylic acids is 2. The molecule has 12 heteroatoms. The van der Waals surface area contributed by atoms with E-state index in [1.165, 1.54) is 16.7 Å². The molecule has 1 saturated heterocycles. The van der Waals surface area contributed by atoms with E-state index in [1.807, 2.05) is 42.5 Å². The number of anilines is 1. The molecule has 0 radical (unpaired) electrons. The van der Waals surface area contributed by atoms with E-state index in [0.717, 1.165) is 16.5 Å². The number of fused-ring (bicyclic) bond motifs is 2. The minimum atomic E-state index is -1.11. The summed E-state index contributed by atoms with van der Waals surface area (Å²) < 4.78 is 0. The molecule has 0 bridgehead atoms. The highest BCUT2D eigenvalue weighted by atomic mass is 32.2. The summed E-state index contributed by atoms with van der Waals surface area (Å²) in [5.41, 5.74) is 1.51. The quantitative estimate of drug-likeness (QED) is 0.451. The van der Waals surface area contributed by atoms with Gasteiger partial charge in [-0.05, 0) is 35.4 Å². The predicted octanol–water partition coefficient (Wildman–Crippen LogP) is -1.29. The van der Waals surface area contributed by atoms with Gasteiger partial charge in [0.15, 0.2) is 0 Å². The van der Waals surface area contributed by atoms with Crippen LogP contribution in [0.15, 0.2) is 53.7 Å². The van der Waals surface area contributed by atoms with E-state index in [0.29, 0.717) is 11.3 Å². The number of aliphatic carboxylic acids is 1. The third kappa shape index (κ3) is 5.18. The molecular formula is C20H27N3O8S. The standard InChI is InChI=1S/C20H19N3O4S.4H2O/c1-11-10-28-19-16(18(25)23(19)17(11)20(26)27)22-15(24)9-21-14-7-6-12-4-2-3-5-13(12)8-14;;;;/h2-8,16,19,21H,9-10H2,1H3,(H,22,24)(H,26,27);4*1H2/t16?,19-;;;;/m0..../s1. The van der Waals surface area contributed by atoms with Crippen LogP contribution in [0.3, 0.4) is 0 Å². The summed E-state index contributed by atoms with van der Waals surface area (Å²) in [6.45, 7) is 1.74. The van der Waals surface area contributed by atoms with Crippen molar-refractivity contribution >= 4 is 46.0 Å². The maximum Gasteiger partial charge on any atom is 0.352 e. The van der Waals surface area contributed by atoms with E-state index in [1.54, 1.807) is 6.92 Å². The Bertz CT molecular complexity index is 1030. The van der Waals surface area contributed by atoms with E-state index < -0.39 is 12.0 Å². The van der Waals surface area contributed by atoms with Crippen molar-refractivity contribution in [3.8, 4) is 0 Å². The highest BCUT2D eigenvalue weighted by Gasteiger charge is 2.53. The van der Waals surface area contributed by atoms with Gasteiger partial charge in [0.1, 0.15) is 17.1 Å². The lowest BCUT2D eigenvalue weighted by atomic mass is 10.0. The summed E-state index contributed by atoms with van der Waals surface area (Å²) in [7, 11) is 0. The Morgan fingerprint density at radius 1 is 1.09 bits per heavy atom. The molecule has 11 nitrogen and oxygen atoms in total. The minimum absolute atomic E-state index is 0. The first-order valence-electron chi connectivity index (χ1n) is 8.85. The molecule has 1 fully saturated rings. The van der Waals surface area contributed by atoms with Crippen molar-refractivity contribution < 1.29 is 41.4 Å². The molecule has 2 atom stereocenters. The molecule has 32 heavy (non-hydrogen) atoms. The number of benzene rings is 2. The van der Waals surface area contributed by atoms with Crippen molar-refractivity contribution in [3.05, 3.63) is 53.7 Å². The Balaban J connectivity index is 0.00000240. The van der Waals surface area contributed by atoms with Gasteiger partial charge >= 0.3 is 5.97 Å². The number of rotatable bonds is 5. The molecule has 2 heterocycles. The second-order valence-electron chi connectivity index (χ2n) is 6.80. The highest BCUT2D eigenvalue weighted by Crippen LogP contribution is 2.40. The van der Waals surface area contributed by atoms with Crippen LogP contribution in [0.25, 0.3) is 10.8 Å². The molecule has 11 N–H and O–H groups in total. The van der Waals surface area contributed by atoms with Gasteiger partial charge in [0.05, 0.1) is 6.54 Å². The lowest BCUT2D eigenvalue weighted by Gasteiger charge is -2.49. The van der Waals surface area contributed by atoms with Crippen molar-refractivity contribution in [3.63, 3.8) is 0 Å². The Hall–Kier alpha value is -3.16. The zero-order valence-corrected chi connectivity index (χ0v) is 18.0. The van der Waals surface area contributed by atoms with Gasteiger partial charge in [0.25, 0.3) is 5.91 Å². The first kappa shape index (κ1) is 28.8. The van der Waals surface area contributed by atoms with Crippen LogP contribution < -0.4 is 10.6 Å². The summed E-state index contributed by atoms with van der Waals surface area (Å²) >= 11 is 1.46. The Kier molecular flexibility index (Phi) is 10.3. The van der Waals surface area contributed by atoms with Crippen LogP contribution in [-0.4, -0.2) is 73.4 Å². The first-order valence-corrected chi connectivity index (χ1v) is 9.90. The maximum atomic E-state index is 12.4. The highest BCUT2D eigenvalue weighted by molar-refractivity contribution is 8.00. The van der Waals surface area contributed by atoms with Crippen LogP contribution in [0, 0.1) is 0 Å². The molecule has 2 aromatic rings. The van der Waals surface area contributed by atoms with E-state index in [9.17, 15) is 19.5 Å². The van der Waals surface area contributed by atoms with Crippen molar-refractivity contribution in [2.45, 2.75) is 18.3 Å². The number of hydrogen-bond donors (Lipinski definition) is 3. The molecule has 2 aromatic carbocycles. The number of carboxylic acids is 1. The number of β-lactam (4-membered cyclic amide) rings is 1. The lowest BCUT2D eigenvalue weighted by molar-refractivity contribution is -0.150. The number of hydrogen-bond acceptors (Lipinski definition) is 5. The maximum absolute atomic E-state index is 12.4. The molecule has 176 valence electrons. The molecule has 0 aromatic heterocycles. The molecule has 2 aliphatic heterocycles. The van der Waals surface area contributed by atoms with Gasteiger partial charge in [-0.3, -0.25) is 14.5 Å². The monoisotopic (exact) mass is 469 g/mol. The van der Waals surface area contributed by atoms with E-state index >= 15 is 0 Å². The second-order valence-corrected chi connectivity index (χ2v) is 7.91. The third-order valence-electron chi connectivity index (χ3n) is 4.88. The van der Waals surface area contributed by atoms with Crippen LogP contribution in [0.2, 0.25) is 0 Å². The number of thioether (sulfide) groups is 1. The summed E-state index contributed by atoms with van der Waals surface area (Å²) in [6, 6.07) is 13.1. The van der Waals surface area contributed by atoms with Crippen molar-refractivity contribution in [1.82, 2.24) is 10.2 Å². The minimum Gasteiger partial charge on any atom is -0.477 e. The zero-order valence-electron chi connectivity index (χ0n) is 17.1. The summed E-state index contributed by atoms with van der Waals surface area (Å²) in [4.78, 5) is 37.4. The van der Waals surface area contributed by atoms with Gasteiger partial charge in [-0.25, -0.2) is 4.79 Å². The number of carboxylic acid groups (broad SMARTS) is 1. The van der Waals surface area contributed by atoms with Crippen LogP contribution in [0.1, 0.15) is 6.92 Å². The van der Waals surface area contributed by atoms with Crippen LogP contribution in [-0.2, 0) is 14.4 Å². The van der Waals surface area contributed by atoms with Crippen molar-refractivity contribution in [2.24, 2.45) is 0 Å². The van der Waals surface area contributed by atoms with Gasteiger partial charge < -0.3 is 37.6 Å². The van der Waals surface area contributed by atoms with Gasteiger partial charge in [-0.15, -0.1) is 11.8 Å². The van der Waals surface area contributed by atoms with Gasteiger partial charge in [-0.1, -0.05) is 30.3 Å². The van der Waals surface area contributed by atoms with Crippen LogP contribution in [0.5, 0.6) is 0 Å². The molecule has 0 aliphatic carbocycles. The molecule has 0 spiro atoms. The third-order valence-corrected chi connectivity index (χ3v) is 6.30. The molecule has 2 amide bonds. The van der Waals surface area contributed by atoms with Crippen LogP contribution >= 0.6 is 11.8 Å². The molecular weight excluding hydrogens is 442 g/mol. The molecule has 2 aliphatic rings. The van der Waals surface area contributed by atoms with Crippen molar-refractivity contribution in [2.75, 3.05) is 17.6 Å². The average molecular weight is 470 g/mol. The number of carbonyl (C=O) groups is 3. The fourth-order valence-electron chi connectivity index (χ4n) is 3.48. The number of nitrogens with zero attached hydrogens (tertiary/aromatic N) is 1.